The van der Waals surface area contributed by atoms with Crippen molar-refractivity contribution >= 4 is 5.91 Å². The number of carbonyl (C=O) groups excluding carboxylic acids is 1. The quantitative estimate of drug-likeness (QED) is 0.901. The van der Waals surface area contributed by atoms with Crippen LogP contribution in [-0.4, -0.2) is 24.4 Å². The Balaban J connectivity index is 2.70. The molecule has 1 aromatic rings. The molecule has 1 atom stereocenters. The second-order valence-corrected chi connectivity index (χ2v) is 6.52. The zero-order chi connectivity index (χ0) is 15.3. The van der Waals surface area contributed by atoms with E-state index in [0.29, 0.717) is 13.1 Å². The lowest BCUT2D eigenvalue weighted by Crippen LogP contribution is -2.38. The van der Waals surface area contributed by atoms with E-state index in [4.69, 9.17) is 5.73 Å². The van der Waals surface area contributed by atoms with E-state index in [0.717, 1.165) is 12.0 Å². The molecule has 1 unspecified atom stereocenters. The number of hydrogen-bond acceptors (Lipinski definition) is 2. The Morgan fingerprint density at radius 2 is 2.05 bits per heavy atom. The fraction of sp³-hybridized carbons (Fsp3) is 0.562. The molecule has 1 aromatic carbocycles. The molecule has 0 radical (unpaired) electrons. The highest BCUT2D eigenvalue weighted by Gasteiger charge is 2.26. The smallest absolute Gasteiger partial charge is 0.227 e. The molecule has 1 amide bonds. The van der Waals surface area contributed by atoms with Crippen LogP contribution in [0, 0.1) is 17.2 Å². The third-order valence-electron chi connectivity index (χ3n) is 3.18. The van der Waals surface area contributed by atoms with Gasteiger partial charge < -0.3 is 10.6 Å². The number of hydrogen-bond donors (Lipinski definition) is 1. The molecule has 0 saturated carbocycles. The van der Waals surface area contributed by atoms with Crippen LogP contribution in [0.15, 0.2) is 24.3 Å². The van der Waals surface area contributed by atoms with Gasteiger partial charge in [0.2, 0.25) is 5.91 Å². The summed E-state index contributed by atoms with van der Waals surface area (Å²) in [7, 11) is 1.73. The monoisotopic (exact) mass is 280 g/mol. The molecular formula is C16H25FN2O. The van der Waals surface area contributed by atoms with Crippen LogP contribution in [0.5, 0.6) is 0 Å². The Bertz CT molecular complexity index is 454. The summed E-state index contributed by atoms with van der Waals surface area (Å²) < 4.78 is 13.1. The van der Waals surface area contributed by atoms with Gasteiger partial charge in [0.15, 0.2) is 0 Å². The minimum absolute atomic E-state index is 0.0201. The average molecular weight is 280 g/mol. The Labute approximate surface area is 121 Å². The summed E-state index contributed by atoms with van der Waals surface area (Å²) >= 11 is 0. The maximum Gasteiger partial charge on any atom is 0.227 e. The van der Waals surface area contributed by atoms with Crippen LogP contribution in [0.3, 0.4) is 0 Å². The lowest BCUT2D eigenvalue weighted by Gasteiger charge is -2.28. The highest BCUT2D eigenvalue weighted by atomic mass is 19.1. The van der Waals surface area contributed by atoms with Crippen LogP contribution in [0.25, 0.3) is 0 Å². The first kappa shape index (κ1) is 16.6. The van der Waals surface area contributed by atoms with Crippen LogP contribution in [0.2, 0.25) is 0 Å². The standard InChI is InChI=1S/C16H25FN2O/c1-16(2,3)9-13(10-18)15(20)19(4)11-12-6-5-7-14(17)8-12/h5-8,13H,9-11,18H2,1-4H3. The van der Waals surface area contributed by atoms with E-state index < -0.39 is 0 Å². The second kappa shape index (κ2) is 6.84. The van der Waals surface area contributed by atoms with Crippen molar-refractivity contribution in [2.75, 3.05) is 13.6 Å². The van der Waals surface area contributed by atoms with Gasteiger partial charge in [-0.05, 0) is 29.5 Å². The summed E-state index contributed by atoms with van der Waals surface area (Å²) in [5, 5.41) is 0. The number of benzene rings is 1. The molecule has 0 fully saturated rings. The van der Waals surface area contributed by atoms with E-state index >= 15 is 0 Å². The molecule has 4 heteroatoms. The summed E-state index contributed by atoms with van der Waals surface area (Å²) in [6.07, 6.45) is 0.746. The Morgan fingerprint density at radius 3 is 2.55 bits per heavy atom. The predicted molar refractivity (Wildman–Crippen MR) is 79.5 cm³/mol. The zero-order valence-electron chi connectivity index (χ0n) is 12.8. The SMILES string of the molecule is CN(Cc1cccc(F)c1)C(=O)C(CN)CC(C)(C)C. The molecule has 0 aliphatic carbocycles. The van der Waals surface area contributed by atoms with Crippen LogP contribution in [-0.2, 0) is 11.3 Å². The van der Waals surface area contributed by atoms with Gasteiger partial charge in [-0.15, -0.1) is 0 Å². The summed E-state index contributed by atoms with van der Waals surface area (Å²) in [6, 6.07) is 6.31. The predicted octanol–water partition coefficient (Wildman–Crippen LogP) is 2.80. The molecule has 0 aromatic heterocycles. The summed E-state index contributed by atoms with van der Waals surface area (Å²) in [5.41, 5.74) is 6.57. The van der Waals surface area contributed by atoms with Crippen molar-refractivity contribution in [3.05, 3.63) is 35.6 Å². The normalized spacial score (nSPS) is 13.1. The van der Waals surface area contributed by atoms with Crippen LogP contribution in [0.1, 0.15) is 32.8 Å². The molecule has 0 saturated heterocycles. The van der Waals surface area contributed by atoms with Crippen molar-refractivity contribution in [3.8, 4) is 0 Å². The topological polar surface area (TPSA) is 46.3 Å². The Morgan fingerprint density at radius 1 is 1.40 bits per heavy atom. The molecule has 0 aliphatic rings. The first-order valence-corrected chi connectivity index (χ1v) is 6.92. The van der Waals surface area contributed by atoms with Gasteiger partial charge in [-0.2, -0.15) is 0 Å². The van der Waals surface area contributed by atoms with E-state index in [9.17, 15) is 9.18 Å². The second-order valence-electron chi connectivity index (χ2n) is 6.52. The number of carbonyl (C=O) groups is 1. The van der Waals surface area contributed by atoms with Gasteiger partial charge in [-0.3, -0.25) is 4.79 Å². The van der Waals surface area contributed by atoms with E-state index in [1.807, 2.05) is 6.07 Å². The van der Waals surface area contributed by atoms with Gasteiger partial charge in [0.05, 0.1) is 5.92 Å². The average Bonchev–Trinajstić information content (AvgIpc) is 2.34. The zero-order valence-corrected chi connectivity index (χ0v) is 12.8. The summed E-state index contributed by atoms with van der Waals surface area (Å²) in [6.45, 7) is 7.02. The largest absolute Gasteiger partial charge is 0.341 e. The third-order valence-corrected chi connectivity index (χ3v) is 3.18. The molecule has 0 bridgehead atoms. The van der Waals surface area contributed by atoms with Crippen molar-refractivity contribution in [1.82, 2.24) is 4.90 Å². The van der Waals surface area contributed by atoms with Crippen molar-refractivity contribution in [2.45, 2.75) is 33.7 Å². The Kier molecular flexibility index (Phi) is 5.69. The minimum Gasteiger partial charge on any atom is -0.341 e. The fourth-order valence-corrected chi connectivity index (χ4v) is 2.31. The van der Waals surface area contributed by atoms with E-state index in [2.05, 4.69) is 20.8 Å². The number of rotatable bonds is 5. The van der Waals surface area contributed by atoms with E-state index in [1.54, 1.807) is 18.0 Å². The lowest BCUT2D eigenvalue weighted by atomic mass is 9.84. The van der Waals surface area contributed by atoms with Crippen LogP contribution in [0.4, 0.5) is 4.39 Å². The molecule has 20 heavy (non-hydrogen) atoms. The highest BCUT2D eigenvalue weighted by Crippen LogP contribution is 2.25. The van der Waals surface area contributed by atoms with Crippen LogP contribution >= 0.6 is 0 Å². The summed E-state index contributed by atoms with van der Waals surface area (Å²) in [5.74, 6) is -0.450. The van der Waals surface area contributed by atoms with Crippen molar-refractivity contribution in [3.63, 3.8) is 0 Å². The maximum absolute atomic E-state index is 13.1. The van der Waals surface area contributed by atoms with E-state index in [1.165, 1.54) is 12.1 Å². The molecule has 2 N–H and O–H groups in total. The summed E-state index contributed by atoms with van der Waals surface area (Å²) in [4.78, 5) is 14.0. The van der Waals surface area contributed by atoms with Crippen molar-refractivity contribution in [1.29, 1.82) is 0 Å². The molecule has 112 valence electrons. The lowest BCUT2D eigenvalue weighted by molar-refractivity contribution is -0.135. The van der Waals surface area contributed by atoms with Gasteiger partial charge in [0.1, 0.15) is 5.82 Å². The molecule has 0 spiro atoms. The first-order chi connectivity index (χ1) is 9.23. The highest BCUT2D eigenvalue weighted by molar-refractivity contribution is 5.78. The van der Waals surface area contributed by atoms with Crippen molar-refractivity contribution in [2.24, 2.45) is 17.1 Å². The number of nitrogens with zero attached hydrogens (tertiary/aromatic N) is 1. The van der Waals surface area contributed by atoms with Crippen molar-refractivity contribution < 1.29 is 9.18 Å². The van der Waals surface area contributed by atoms with E-state index in [-0.39, 0.29) is 23.1 Å². The fourth-order valence-electron chi connectivity index (χ4n) is 2.31. The maximum atomic E-state index is 13.1. The molecule has 3 nitrogen and oxygen atoms in total. The third kappa shape index (κ3) is 5.29. The van der Waals surface area contributed by atoms with Gasteiger partial charge in [0, 0.05) is 20.1 Å². The molecule has 1 rings (SSSR count). The number of amides is 1. The minimum atomic E-state index is -0.284. The molecule has 0 heterocycles. The van der Waals surface area contributed by atoms with Crippen LogP contribution < -0.4 is 5.73 Å². The number of halogens is 1. The molecule has 0 aliphatic heterocycles. The molecular weight excluding hydrogens is 255 g/mol. The first-order valence-electron chi connectivity index (χ1n) is 6.92. The van der Waals surface area contributed by atoms with Gasteiger partial charge in [-0.25, -0.2) is 4.39 Å². The van der Waals surface area contributed by atoms with Gasteiger partial charge in [-0.1, -0.05) is 32.9 Å². The Hall–Kier alpha value is -1.42. The number of nitrogens with two attached hydrogens (primary N) is 1. The van der Waals surface area contributed by atoms with Gasteiger partial charge >= 0.3 is 0 Å². The van der Waals surface area contributed by atoms with Gasteiger partial charge in [0.25, 0.3) is 0 Å².